The number of nitrogens with two attached hydrogens (primary N) is 1. The molecule has 0 aliphatic carbocycles. The van der Waals surface area contributed by atoms with Crippen molar-refractivity contribution in [3.63, 3.8) is 0 Å². The van der Waals surface area contributed by atoms with Crippen molar-refractivity contribution in [1.82, 2.24) is 0 Å². The highest BCUT2D eigenvalue weighted by Gasteiger charge is 2.43. The van der Waals surface area contributed by atoms with E-state index in [0.29, 0.717) is 13.2 Å². The number of rotatable bonds is 1. The zero-order chi connectivity index (χ0) is 11.0. The van der Waals surface area contributed by atoms with E-state index in [-0.39, 0.29) is 5.79 Å². The van der Waals surface area contributed by atoms with Crippen LogP contribution in [0.5, 0.6) is 0 Å². The van der Waals surface area contributed by atoms with Gasteiger partial charge in [-0.25, -0.2) is 0 Å². The van der Waals surface area contributed by atoms with Crippen LogP contribution in [0.25, 0.3) is 0 Å². The van der Waals surface area contributed by atoms with Crippen LogP contribution in [0.1, 0.15) is 6.42 Å². The van der Waals surface area contributed by atoms with Gasteiger partial charge < -0.3 is 20.1 Å². The van der Waals surface area contributed by atoms with E-state index in [1.807, 2.05) is 18.2 Å². The Bertz CT molecular complexity index is 388. The van der Waals surface area contributed by atoms with Crippen molar-refractivity contribution in [2.75, 3.05) is 36.9 Å². The molecular weight excluding hydrogens is 204 g/mol. The van der Waals surface area contributed by atoms with Crippen LogP contribution in [-0.4, -0.2) is 32.1 Å². The van der Waals surface area contributed by atoms with Gasteiger partial charge in [0.05, 0.1) is 19.8 Å². The average Bonchev–Trinajstić information content (AvgIpc) is 2.90. The summed E-state index contributed by atoms with van der Waals surface area (Å²) >= 11 is 0. The number of ether oxygens (including phenoxy) is 2. The number of hydrogen-bond acceptors (Lipinski definition) is 4. The normalized spacial score (nSPS) is 23.1. The first-order valence-electron chi connectivity index (χ1n) is 5.66. The molecule has 2 fully saturated rings. The summed E-state index contributed by atoms with van der Waals surface area (Å²) < 4.78 is 11.4. The van der Waals surface area contributed by atoms with Crippen molar-refractivity contribution in [2.45, 2.75) is 12.2 Å². The van der Waals surface area contributed by atoms with Crippen molar-refractivity contribution in [3.05, 3.63) is 24.3 Å². The molecule has 4 heteroatoms. The molecule has 0 unspecified atom stereocenters. The highest BCUT2D eigenvalue weighted by atomic mass is 16.7. The van der Waals surface area contributed by atoms with Crippen LogP contribution in [0.2, 0.25) is 0 Å². The number of nitrogens with zero attached hydrogens (tertiary/aromatic N) is 1. The Kier molecular flexibility index (Phi) is 2.26. The maximum Gasteiger partial charge on any atom is 0.187 e. The zero-order valence-corrected chi connectivity index (χ0v) is 9.19. The SMILES string of the molecule is Nc1cccc(N2CCC3(C2)OCCO3)c1. The van der Waals surface area contributed by atoms with Crippen molar-refractivity contribution in [2.24, 2.45) is 0 Å². The topological polar surface area (TPSA) is 47.7 Å². The van der Waals surface area contributed by atoms with Crippen molar-refractivity contribution >= 4 is 11.4 Å². The summed E-state index contributed by atoms with van der Waals surface area (Å²) in [6, 6.07) is 7.95. The highest BCUT2D eigenvalue weighted by Crippen LogP contribution is 2.33. The van der Waals surface area contributed by atoms with Crippen LogP contribution in [0.4, 0.5) is 11.4 Å². The second-order valence-electron chi connectivity index (χ2n) is 4.37. The number of hydrogen-bond donors (Lipinski definition) is 1. The minimum Gasteiger partial charge on any atom is -0.399 e. The molecular formula is C12H16N2O2. The monoisotopic (exact) mass is 220 g/mol. The lowest BCUT2D eigenvalue weighted by Gasteiger charge is -2.23. The first kappa shape index (κ1) is 9.93. The highest BCUT2D eigenvalue weighted by molar-refractivity contribution is 5.56. The molecule has 2 N–H and O–H groups in total. The smallest absolute Gasteiger partial charge is 0.187 e. The molecule has 3 rings (SSSR count). The van der Waals surface area contributed by atoms with Gasteiger partial charge in [-0.3, -0.25) is 0 Å². The summed E-state index contributed by atoms with van der Waals surface area (Å²) in [5, 5.41) is 0. The molecule has 16 heavy (non-hydrogen) atoms. The maximum absolute atomic E-state index is 5.78. The summed E-state index contributed by atoms with van der Waals surface area (Å²) in [6.45, 7) is 3.19. The quantitative estimate of drug-likeness (QED) is 0.723. The number of nitrogen functional groups attached to an aromatic ring is 1. The number of benzene rings is 1. The van der Waals surface area contributed by atoms with Gasteiger partial charge in [0.2, 0.25) is 0 Å². The van der Waals surface area contributed by atoms with E-state index in [0.717, 1.165) is 30.9 Å². The second kappa shape index (κ2) is 3.64. The summed E-state index contributed by atoms with van der Waals surface area (Å²) in [5.41, 5.74) is 7.73. The third-order valence-electron chi connectivity index (χ3n) is 3.24. The third kappa shape index (κ3) is 1.64. The van der Waals surface area contributed by atoms with E-state index < -0.39 is 0 Å². The predicted octanol–water partition coefficient (Wildman–Crippen LogP) is 1.22. The third-order valence-corrected chi connectivity index (χ3v) is 3.24. The molecule has 1 spiro atoms. The second-order valence-corrected chi connectivity index (χ2v) is 4.37. The largest absolute Gasteiger partial charge is 0.399 e. The molecule has 2 saturated heterocycles. The molecule has 1 aromatic carbocycles. The Hall–Kier alpha value is -1.26. The minimum absolute atomic E-state index is 0.357. The fourth-order valence-electron chi connectivity index (χ4n) is 2.43. The zero-order valence-electron chi connectivity index (χ0n) is 9.19. The lowest BCUT2D eigenvalue weighted by molar-refractivity contribution is -0.137. The average molecular weight is 220 g/mol. The molecule has 4 nitrogen and oxygen atoms in total. The van der Waals surface area contributed by atoms with Gasteiger partial charge in [-0.1, -0.05) is 6.07 Å². The summed E-state index contributed by atoms with van der Waals surface area (Å²) in [4.78, 5) is 2.27. The number of anilines is 2. The van der Waals surface area contributed by atoms with Gasteiger partial charge in [0.1, 0.15) is 0 Å². The first-order chi connectivity index (χ1) is 7.77. The van der Waals surface area contributed by atoms with E-state index in [4.69, 9.17) is 15.2 Å². The Labute approximate surface area is 94.9 Å². The van der Waals surface area contributed by atoms with Crippen LogP contribution in [0.3, 0.4) is 0 Å². The maximum atomic E-state index is 5.78. The molecule has 0 saturated carbocycles. The molecule has 0 aromatic heterocycles. The van der Waals surface area contributed by atoms with E-state index in [1.54, 1.807) is 0 Å². The minimum atomic E-state index is -0.357. The van der Waals surface area contributed by atoms with Gasteiger partial charge in [0.25, 0.3) is 0 Å². The molecule has 2 aliphatic heterocycles. The van der Waals surface area contributed by atoms with Crippen molar-refractivity contribution in [1.29, 1.82) is 0 Å². The standard InChI is InChI=1S/C12H16N2O2/c13-10-2-1-3-11(8-10)14-5-4-12(9-14)15-6-7-16-12/h1-3,8H,4-7,9,13H2. The lowest BCUT2D eigenvalue weighted by Crippen LogP contribution is -2.34. The van der Waals surface area contributed by atoms with Crippen LogP contribution in [-0.2, 0) is 9.47 Å². The fourth-order valence-corrected chi connectivity index (χ4v) is 2.43. The van der Waals surface area contributed by atoms with Gasteiger partial charge in [-0.2, -0.15) is 0 Å². The first-order valence-corrected chi connectivity index (χ1v) is 5.66. The molecule has 0 bridgehead atoms. The summed E-state index contributed by atoms with van der Waals surface area (Å²) in [7, 11) is 0. The molecule has 2 heterocycles. The Balaban J connectivity index is 1.78. The van der Waals surface area contributed by atoms with Crippen molar-refractivity contribution in [3.8, 4) is 0 Å². The summed E-state index contributed by atoms with van der Waals surface area (Å²) in [5.74, 6) is -0.357. The lowest BCUT2D eigenvalue weighted by atomic mass is 10.2. The van der Waals surface area contributed by atoms with E-state index >= 15 is 0 Å². The van der Waals surface area contributed by atoms with E-state index in [2.05, 4.69) is 11.0 Å². The van der Waals surface area contributed by atoms with Gasteiger partial charge in [0.15, 0.2) is 5.79 Å². The molecule has 0 amide bonds. The van der Waals surface area contributed by atoms with Gasteiger partial charge in [-0.05, 0) is 18.2 Å². The van der Waals surface area contributed by atoms with Gasteiger partial charge >= 0.3 is 0 Å². The molecule has 86 valence electrons. The van der Waals surface area contributed by atoms with Gasteiger partial charge in [0, 0.05) is 24.3 Å². The van der Waals surface area contributed by atoms with Crippen LogP contribution in [0, 0.1) is 0 Å². The van der Waals surface area contributed by atoms with E-state index in [9.17, 15) is 0 Å². The van der Waals surface area contributed by atoms with Crippen LogP contribution in [0.15, 0.2) is 24.3 Å². The van der Waals surface area contributed by atoms with Crippen LogP contribution >= 0.6 is 0 Å². The fraction of sp³-hybridized carbons (Fsp3) is 0.500. The van der Waals surface area contributed by atoms with Crippen molar-refractivity contribution < 1.29 is 9.47 Å². The summed E-state index contributed by atoms with van der Waals surface area (Å²) in [6.07, 6.45) is 0.932. The predicted molar refractivity (Wildman–Crippen MR) is 62.3 cm³/mol. The van der Waals surface area contributed by atoms with Crippen LogP contribution < -0.4 is 10.6 Å². The van der Waals surface area contributed by atoms with Gasteiger partial charge in [-0.15, -0.1) is 0 Å². The molecule has 1 aromatic rings. The molecule has 2 aliphatic rings. The Morgan fingerprint density at radius 2 is 2.06 bits per heavy atom. The Morgan fingerprint density at radius 3 is 2.81 bits per heavy atom. The molecule has 0 radical (unpaired) electrons. The van der Waals surface area contributed by atoms with E-state index in [1.165, 1.54) is 0 Å². The Morgan fingerprint density at radius 1 is 1.25 bits per heavy atom. The molecule has 0 atom stereocenters.